The van der Waals surface area contributed by atoms with Gasteiger partial charge in [0.15, 0.2) is 0 Å². The Morgan fingerprint density at radius 1 is 1.44 bits per heavy atom. The molecule has 3 heteroatoms. The predicted molar refractivity (Wildman–Crippen MR) is 67.4 cm³/mol. The molecule has 1 saturated heterocycles. The van der Waals surface area contributed by atoms with Gasteiger partial charge in [0.1, 0.15) is 0 Å². The van der Waals surface area contributed by atoms with Crippen molar-refractivity contribution in [3.05, 3.63) is 0 Å². The quantitative estimate of drug-likeness (QED) is 0.779. The molecule has 0 saturated carbocycles. The van der Waals surface area contributed by atoms with Gasteiger partial charge in [-0.1, -0.05) is 20.3 Å². The monoisotopic (exact) mass is 226 g/mol. The van der Waals surface area contributed by atoms with E-state index in [4.69, 9.17) is 0 Å². The maximum Gasteiger partial charge on any atom is 0.234 e. The van der Waals surface area contributed by atoms with Crippen LogP contribution in [-0.4, -0.2) is 36.0 Å². The number of nitrogens with zero attached hydrogens (tertiary/aromatic N) is 1. The first-order valence-corrected chi connectivity index (χ1v) is 6.70. The lowest BCUT2D eigenvalue weighted by Crippen LogP contribution is -2.46. The molecule has 2 atom stereocenters. The third-order valence-electron chi connectivity index (χ3n) is 3.59. The molecule has 1 aliphatic heterocycles. The number of nitrogens with one attached hydrogen (secondary N) is 1. The van der Waals surface area contributed by atoms with Gasteiger partial charge in [-0.15, -0.1) is 0 Å². The van der Waals surface area contributed by atoms with Crippen LogP contribution in [0.2, 0.25) is 0 Å². The largest absolute Gasteiger partial charge is 0.353 e. The van der Waals surface area contributed by atoms with Gasteiger partial charge in [0, 0.05) is 12.1 Å². The standard InChI is InChI=1S/C13H26N2O/c1-4-11(3)14-13(16)10-15-9-7-6-8-12(15)5-2/h11-12H,4-10H2,1-3H3,(H,14,16)/t11-,12-/m0/s1. The molecule has 0 aromatic carbocycles. The Morgan fingerprint density at radius 3 is 2.81 bits per heavy atom. The highest BCUT2D eigenvalue weighted by atomic mass is 16.2. The molecule has 1 aliphatic rings. The van der Waals surface area contributed by atoms with Crippen LogP contribution in [0.4, 0.5) is 0 Å². The van der Waals surface area contributed by atoms with Gasteiger partial charge in [-0.05, 0) is 39.2 Å². The van der Waals surface area contributed by atoms with E-state index in [1.165, 1.54) is 19.3 Å². The molecule has 94 valence electrons. The number of likely N-dealkylation sites (tertiary alicyclic amines) is 1. The lowest BCUT2D eigenvalue weighted by molar-refractivity contribution is -0.123. The summed E-state index contributed by atoms with van der Waals surface area (Å²) in [6.45, 7) is 8.05. The minimum atomic E-state index is 0.190. The normalized spacial score (nSPS) is 24.1. The Labute approximate surface area is 99.6 Å². The zero-order valence-corrected chi connectivity index (χ0v) is 11.0. The maximum absolute atomic E-state index is 11.8. The Morgan fingerprint density at radius 2 is 2.19 bits per heavy atom. The molecule has 1 rings (SSSR count). The van der Waals surface area contributed by atoms with Gasteiger partial charge in [-0.2, -0.15) is 0 Å². The van der Waals surface area contributed by atoms with Crippen molar-refractivity contribution in [3.63, 3.8) is 0 Å². The van der Waals surface area contributed by atoms with E-state index < -0.39 is 0 Å². The van der Waals surface area contributed by atoms with Gasteiger partial charge in [-0.25, -0.2) is 0 Å². The van der Waals surface area contributed by atoms with E-state index in [1.54, 1.807) is 0 Å². The molecule has 0 bridgehead atoms. The van der Waals surface area contributed by atoms with Crippen molar-refractivity contribution in [1.82, 2.24) is 10.2 Å². The van der Waals surface area contributed by atoms with Crippen LogP contribution >= 0.6 is 0 Å². The minimum Gasteiger partial charge on any atom is -0.353 e. The van der Waals surface area contributed by atoms with Crippen molar-refractivity contribution >= 4 is 5.91 Å². The molecule has 0 aliphatic carbocycles. The Bertz CT molecular complexity index is 218. The molecular weight excluding hydrogens is 200 g/mol. The van der Waals surface area contributed by atoms with Gasteiger partial charge in [0.2, 0.25) is 5.91 Å². The highest BCUT2D eigenvalue weighted by Gasteiger charge is 2.22. The zero-order valence-electron chi connectivity index (χ0n) is 11.0. The molecule has 0 spiro atoms. The molecule has 16 heavy (non-hydrogen) atoms. The number of hydrogen-bond acceptors (Lipinski definition) is 2. The molecular formula is C13H26N2O. The summed E-state index contributed by atoms with van der Waals surface area (Å²) in [6, 6.07) is 0.925. The minimum absolute atomic E-state index is 0.190. The number of hydrogen-bond donors (Lipinski definition) is 1. The summed E-state index contributed by atoms with van der Waals surface area (Å²) < 4.78 is 0. The average molecular weight is 226 g/mol. The van der Waals surface area contributed by atoms with Gasteiger partial charge in [0.05, 0.1) is 6.54 Å². The van der Waals surface area contributed by atoms with Crippen molar-refractivity contribution in [1.29, 1.82) is 0 Å². The fourth-order valence-corrected chi connectivity index (χ4v) is 2.34. The molecule has 1 amide bonds. The summed E-state index contributed by atoms with van der Waals surface area (Å²) in [5.41, 5.74) is 0. The lowest BCUT2D eigenvalue weighted by Gasteiger charge is -2.34. The van der Waals surface area contributed by atoms with Crippen LogP contribution in [0.25, 0.3) is 0 Å². The fraction of sp³-hybridized carbons (Fsp3) is 0.923. The summed E-state index contributed by atoms with van der Waals surface area (Å²) >= 11 is 0. The van der Waals surface area contributed by atoms with E-state index in [1.807, 2.05) is 0 Å². The first-order valence-electron chi connectivity index (χ1n) is 6.70. The summed E-state index contributed by atoms with van der Waals surface area (Å²) in [4.78, 5) is 14.1. The zero-order chi connectivity index (χ0) is 12.0. The third kappa shape index (κ3) is 4.12. The second-order valence-corrected chi connectivity index (χ2v) is 4.91. The van der Waals surface area contributed by atoms with Crippen LogP contribution in [0, 0.1) is 0 Å². The van der Waals surface area contributed by atoms with E-state index in [-0.39, 0.29) is 5.91 Å². The van der Waals surface area contributed by atoms with E-state index in [0.717, 1.165) is 19.4 Å². The number of rotatable bonds is 5. The van der Waals surface area contributed by atoms with Crippen molar-refractivity contribution in [2.45, 2.75) is 65.0 Å². The summed E-state index contributed by atoms with van der Waals surface area (Å²) in [5.74, 6) is 0.190. The molecule has 3 nitrogen and oxygen atoms in total. The van der Waals surface area contributed by atoms with Crippen LogP contribution in [0.1, 0.15) is 52.9 Å². The van der Waals surface area contributed by atoms with Gasteiger partial charge in [-0.3, -0.25) is 9.69 Å². The summed E-state index contributed by atoms with van der Waals surface area (Å²) in [7, 11) is 0. The van der Waals surface area contributed by atoms with Gasteiger partial charge in [0.25, 0.3) is 0 Å². The first kappa shape index (κ1) is 13.5. The number of amides is 1. The number of carbonyl (C=O) groups excluding carboxylic acids is 1. The summed E-state index contributed by atoms with van der Waals surface area (Å²) in [5, 5.41) is 3.04. The van der Waals surface area contributed by atoms with Crippen LogP contribution < -0.4 is 5.32 Å². The first-order chi connectivity index (χ1) is 7.67. The topological polar surface area (TPSA) is 32.3 Å². The number of carbonyl (C=O) groups is 1. The predicted octanol–water partition coefficient (Wildman–Crippen LogP) is 2.17. The van der Waals surface area contributed by atoms with Gasteiger partial charge >= 0.3 is 0 Å². The SMILES string of the molecule is CC[C@H]1CCCCN1CC(=O)N[C@@H](C)CC. The molecule has 1 fully saturated rings. The number of piperidine rings is 1. The van der Waals surface area contributed by atoms with Crippen molar-refractivity contribution < 1.29 is 4.79 Å². The van der Waals surface area contributed by atoms with Crippen LogP contribution in [0.5, 0.6) is 0 Å². The highest BCUT2D eigenvalue weighted by Crippen LogP contribution is 2.18. The summed E-state index contributed by atoms with van der Waals surface area (Å²) in [6.07, 6.45) is 5.99. The van der Waals surface area contributed by atoms with E-state index in [0.29, 0.717) is 18.6 Å². The molecule has 0 radical (unpaired) electrons. The van der Waals surface area contributed by atoms with Crippen molar-refractivity contribution in [2.24, 2.45) is 0 Å². The van der Waals surface area contributed by atoms with Gasteiger partial charge < -0.3 is 5.32 Å². The van der Waals surface area contributed by atoms with Crippen LogP contribution in [0.3, 0.4) is 0 Å². The average Bonchev–Trinajstić information content (AvgIpc) is 2.29. The van der Waals surface area contributed by atoms with Crippen molar-refractivity contribution in [2.75, 3.05) is 13.1 Å². The molecule has 0 aromatic heterocycles. The molecule has 0 aromatic rings. The Kier molecular flexibility index (Phi) is 5.81. The maximum atomic E-state index is 11.8. The molecule has 1 heterocycles. The Balaban J connectivity index is 2.36. The van der Waals surface area contributed by atoms with Crippen LogP contribution in [0.15, 0.2) is 0 Å². The Hall–Kier alpha value is -0.570. The van der Waals surface area contributed by atoms with Crippen molar-refractivity contribution in [3.8, 4) is 0 Å². The van der Waals surface area contributed by atoms with E-state index in [9.17, 15) is 4.79 Å². The fourth-order valence-electron chi connectivity index (χ4n) is 2.34. The second kappa shape index (κ2) is 6.89. The second-order valence-electron chi connectivity index (χ2n) is 4.91. The smallest absolute Gasteiger partial charge is 0.234 e. The third-order valence-corrected chi connectivity index (χ3v) is 3.59. The van der Waals surface area contributed by atoms with E-state index in [2.05, 4.69) is 31.0 Å². The molecule has 0 unspecified atom stereocenters. The van der Waals surface area contributed by atoms with Crippen LogP contribution in [-0.2, 0) is 4.79 Å². The lowest BCUT2D eigenvalue weighted by atomic mass is 10.00. The van der Waals surface area contributed by atoms with E-state index >= 15 is 0 Å². The molecule has 1 N–H and O–H groups in total. The highest BCUT2D eigenvalue weighted by molar-refractivity contribution is 5.78.